The van der Waals surface area contributed by atoms with Gasteiger partial charge in [0.1, 0.15) is 5.75 Å². The minimum Gasteiger partial charge on any atom is -0.490 e. The second-order valence-corrected chi connectivity index (χ2v) is 5.65. The Balaban J connectivity index is 1.95. The molecular weight excluding hydrogens is 246 g/mol. The summed E-state index contributed by atoms with van der Waals surface area (Å²) in [7, 11) is 0. The fraction of sp³-hybridized carbons (Fsp3) is 0.556. The number of hydrogen-bond donors (Lipinski definition) is 1. The monoisotopic (exact) mass is 271 g/mol. The molecule has 0 saturated heterocycles. The highest BCUT2D eigenvalue weighted by atomic mass is 16.5. The lowest BCUT2D eigenvalue weighted by atomic mass is 9.86. The van der Waals surface area contributed by atoms with E-state index in [0.29, 0.717) is 12.6 Å². The maximum atomic E-state index is 6.12. The molecule has 0 atom stereocenters. The van der Waals surface area contributed by atoms with Crippen LogP contribution >= 0.6 is 0 Å². The standard InChI is InChI=1S/C18H25NO/c1-3-15-6-9-17(10-7-15)20-18-11-8-16(5-4-12-19)14(2)13-18/h8,11,13,15,17H,3,6-7,9-10,12,19H2,1-2H3. The molecule has 2 N–H and O–H groups in total. The first-order chi connectivity index (χ1) is 9.72. The second kappa shape index (κ2) is 7.36. The summed E-state index contributed by atoms with van der Waals surface area (Å²) in [6.07, 6.45) is 6.68. The van der Waals surface area contributed by atoms with Crippen molar-refractivity contribution in [2.24, 2.45) is 11.7 Å². The molecule has 1 aromatic rings. The number of nitrogens with two attached hydrogens (primary N) is 1. The predicted molar refractivity (Wildman–Crippen MR) is 83.8 cm³/mol. The highest BCUT2D eigenvalue weighted by Gasteiger charge is 2.21. The molecule has 0 spiro atoms. The van der Waals surface area contributed by atoms with E-state index in [1.165, 1.54) is 32.1 Å². The van der Waals surface area contributed by atoms with Crippen LogP contribution < -0.4 is 10.5 Å². The fourth-order valence-electron chi connectivity index (χ4n) is 2.85. The quantitative estimate of drug-likeness (QED) is 0.852. The van der Waals surface area contributed by atoms with Crippen LogP contribution in [0.1, 0.15) is 50.2 Å². The van der Waals surface area contributed by atoms with Gasteiger partial charge in [0.2, 0.25) is 0 Å². The number of aryl methyl sites for hydroxylation is 1. The Kier molecular flexibility index (Phi) is 5.49. The van der Waals surface area contributed by atoms with E-state index in [1.807, 2.05) is 12.1 Å². The van der Waals surface area contributed by atoms with Gasteiger partial charge in [-0.25, -0.2) is 0 Å². The first-order valence-electron chi connectivity index (χ1n) is 7.69. The Morgan fingerprint density at radius 3 is 2.60 bits per heavy atom. The molecule has 1 aliphatic rings. The summed E-state index contributed by atoms with van der Waals surface area (Å²) in [5.41, 5.74) is 7.60. The van der Waals surface area contributed by atoms with E-state index in [9.17, 15) is 0 Å². The van der Waals surface area contributed by atoms with Crippen molar-refractivity contribution in [3.63, 3.8) is 0 Å². The smallest absolute Gasteiger partial charge is 0.120 e. The molecule has 0 bridgehead atoms. The maximum absolute atomic E-state index is 6.12. The number of hydrogen-bond acceptors (Lipinski definition) is 2. The highest BCUT2D eigenvalue weighted by Crippen LogP contribution is 2.29. The molecule has 108 valence electrons. The molecule has 0 unspecified atom stereocenters. The molecule has 2 rings (SSSR count). The van der Waals surface area contributed by atoms with Crippen molar-refractivity contribution in [1.82, 2.24) is 0 Å². The van der Waals surface area contributed by atoms with Crippen molar-refractivity contribution >= 4 is 0 Å². The average Bonchev–Trinajstić information content (AvgIpc) is 2.47. The molecule has 2 heteroatoms. The van der Waals surface area contributed by atoms with E-state index in [-0.39, 0.29) is 0 Å². The first-order valence-corrected chi connectivity index (χ1v) is 7.69. The maximum Gasteiger partial charge on any atom is 0.120 e. The molecule has 0 aliphatic heterocycles. The third-order valence-corrected chi connectivity index (χ3v) is 4.20. The minimum atomic E-state index is 0.387. The fourth-order valence-corrected chi connectivity index (χ4v) is 2.85. The molecule has 0 heterocycles. The van der Waals surface area contributed by atoms with Crippen LogP contribution in [0.5, 0.6) is 5.75 Å². The van der Waals surface area contributed by atoms with Gasteiger partial charge in [0.25, 0.3) is 0 Å². The molecular formula is C18H25NO. The normalized spacial score (nSPS) is 21.9. The van der Waals surface area contributed by atoms with Crippen molar-refractivity contribution in [3.05, 3.63) is 29.3 Å². The van der Waals surface area contributed by atoms with Crippen molar-refractivity contribution in [2.45, 2.75) is 52.1 Å². The minimum absolute atomic E-state index is 0.387. The van der Waals surface area contributed by atoms with E-state index in [1.54, 1.807) is 0 Å². The highest BCUT2D eigenvalue weighted by molar-refractivity contribution is 5.44. The zero-order chi connectivity index (χ0) is 14.4. The summed E-state index contributed by atoms with van der Waals surface area (Å²) in [5.74, 6) is 7.86. The largest absolute Gasteiger partial charge is 0.490 e. The van der Waals surface area contributed by atoms with Crippen LogP contribution in [0.3, 0.4) is 0 Å². The van der Waals surface area contributed by atoms with Crippen LogP contribution in [0.25, 0.3) is 0 Å². The van der Waals surface area contributed by atoms with Gasteiger partial charge in [-0.2, -0.15) is 0 Å². The van der Waals surface area contributed by atoms with Gasteiger partial charge in [-0.05, 0) is 62.3 Å². The molecule has 1 aliphatic carbocycles. The summed E-state index contributed by atoms with van der Waals surface area (Å²) in [5, 5.41) is 0. The molecule has 1 aromatic carbocycles. The van der Waals surface area contributed by atoms with Gasteiger partial charge in [0.15, 0.2) is 0 Å². The van der Waals surface area contributed by atoms with E-state index >= 15 is 0 Å². The van der Waals surface area contributed by atoms with Crippen LogP contribution in [-0.4, -0.2) is 12.6 Å². The Morgan fingerprint density at radius 2 is 2.00 bits per heavy atom. The van der Waals surface area contributed by atoms with Crippen molar-refractivity contribution in [1.29, 1.82) is 0 Å². The van der Waals surface area contributed by atoms with Crippen molar-refractivity contribution in [3.8, 4) is 17.6 Å². The Hall–Kier alpha value is -1.46. The summed E-state index contributed by atoms with van der Waals surface area (Å²) >= 11 is 0. The lowest BCUT2D eigenvalue weighted by molar-refractivity contribution is 0.130. The molecule has 1 fully saturated rings. The average molecular weight is 271 g/mol. The molecule has 0 radical (unpaired) electrons. The van der Waals surface area contributed by atoms with E-state index in [4.69, 9.17) is 10.5 Å². The first kappa shape index (κ1) is 14.9. The third-order valence-electron chi connectivity index (χ3n) is 4.20. The molecule has 1 saturated carbocycles. The Labute approximate surface area is 122 Å². The number of rotatable bonds is 3. The van der Waals surface area contributed by atoms with Gasteiger partial charge in [0, 0.05) is 5.56 Å². The third kappa shape index (κ3) is 4.02. The van der Waals surface area contributed by atoms with Crippen LogP contribution in [0.15, 0.2) is 18.2 Å². The molecule has 0 aromatic heterocycles. The van der Waals surface area contributed by atoms with Crippen molar-refractivity contribution < 1.29 is 4.74 Å². The summed E-state index contributed by atoms with van der Waals surface area (Å²) in [4.78, 5) is 0. The van der Waals surface area contributed by atoms with Gasteiger partial charge in [0.05, 0.1) is 12.6 Å². The van der Waals surface area contributed by atoms with E-state index in [2.05, 4.69) is 31.8 Å². The Bertz CT molecular complexity index is 490. The lowest BCUT2D eigenvalue weighted by Crippen LogP contribution is -2.23. The number of ether oxygens (including phenoxy) is 1. The zero-order valence-corrected chi connectivity index (χ0v) is 12.6. The SMILES string of the molecule is CCC1CCC(Oc2ccc(C#CCN)c(C)c2)CC1. The predicted octanol–water partition coefficient (Wildman–Crippen LogP) is 3.65. The van der Waals surface area contributed by atoms with Crippen LogP contribution in [-0.2, 0) is 0 Å². The van der Waals surface area contributed by atoms with Gasteiger partial charge in [-0.15, -0.1) is 0 Å². The van der Waals surface area contributed by atoms with Gasteiger partial charge in [-0.1, -0.05) is 25.2 Å². The molecule has 2 nitrogen and oxygen atoms in total. The van der Waals surface area contributed by atoms with Crippen LogP contribution in [0.2, 0.25) is 0 Å². The summed E-state index contributed by atoms with van der Waals surface area (Å²) in [6.45, 7) is 4.76. The van der Waals surface area contributed by atoms with Gasteiger partial charge >= 0.3 is 0 Å². The zero-order valence-electron chi connectivity index (χ0n) is 12.6. The summed E-state index contributed by atoms with van der Waals surface area (Å²) < 4.78 is 6.12. The lowest BCUT2D eigenvalue weighted by Gasteiger charge is -2.28. The van der Waals surface area contributed by atoms with Crippen molar-refractivity contribution in [2.75, 3.05) is 6.54 Å². The van der Waals surface area contributed by atoms with Gasteiger partial charge < -0.3 is 10.5 Å². The molecule has 0 amide bonds. The summed E-state index contributed by atoms with van der Waals surface area (Å²) in [6, 6.07) is 6.15. The van der Waals surface area contributed by atoms with E-state index in [0.717, 1.165) is 22.8 Å². The number of benzene rings is 1. The topological polar surface area (TPSA) is 35.2 Å². The molecule has 20 heavy (non-hydrogen) atoms. The Morgan fingerprint density at radius 1 is 1.25 bits per heavy atom. The van der Waals surface area contributed by atoms with Gasteiger partial charge in [-0.3, -0.25) is 0 Å². The second-order valence-electron chi connectivity index (χ2n) is 5.65. The van der Waals surface area contributed by atoms with E-state index < -0.39 is 0 Å². The van der Waals surface area contributed by atoms with Crippen LogP contribution in [0.4, 0.5) is 0 Å². The van der Waals surface area contributed by atoms with Crippen LogP contribution in [0, 0.1) is 24.7 Å².